The van der Waals surface area contributed by atoms with E-state index >= 15 is 0 Å². The Morgan fingerprint density at radius 2 is 1.74 bits per heavy atom. The maximum absolute atomic E-state index is 12.7. The van der Waals surface area contributed by atoms with Gasteiger partial charge in [0.25, 0.3) is 10.0 Å². The molecule has 0 fully saturated rings. The first-order chi connectivity index (χ1) is 14.9. The van der Waals surface area contributed by atoms with Crippen LogP contribution in [0.2, 0.25) is 10.0 Å². The van der Waals surface area contributed by atoms with E-state index in [0.29, 0.717) is 10.8 Å². The number of hydrogen-bond acceptors (Lipinski definition) is 6. The average Bonchev–Trinajstić information content (AvgIpc) is 2.74. The Labute approximate surface area is 194 Å². The number of halogens is 2. The van der Waals surface area contributed by atoms with Gasteiger partial charge in [0.1, 0.15) is 10.7 Å². The molecule has 2 N–H and O–H groups in total. The number of anilines is 2. The molecule has 0 atom stereocenters. The number of hydrogen-bond donors (Lipinski definition) is 2. The molecule has 0 bridgehead atoms. The third-order valence-electron chi connectivity index (χ3n) is 4.35. The lowest BCUT2D eigenvalue weighted by Crippen LogP contribution is -2.16. The van der Waals surface area contributed by atoms with Crippen LogP contribution in [0.25, 0.3) is 10.8 Å². The first-order valence-electron chi connectivity index (χ1n) is 9.05. The highest BCUT2D eigenvalue weighted by Gasteiger charge is 2.20. The second kappa shape index (κ2) is 8.92. The second-order valence-corrected chi connectivity index (χ2v) is 10.1. The molecule has 1 aromatic heterocycles. The lowest BCUT2D eigenvalue weighted by Gasteiger charge is -2.12. The zero-order valence-electron chi connectivity index (χ0n) is 16.1. The minimum absolute atomic E-state index is 0.0114. The van der Waals surface area contributed by atoms with E-state index in [1.807, 2.05) is 18.2 Å². The molecular weight excluding hydrogens is 475 g/mol. The van der Waals surface area contributed by atoms with Crippen LogP contribution in [0.15, 0.2) is 81.5 Å². The van der Waals surface area contributed by atoms with Crippen molar-refractivity contribution in [3.63, 3.8) is 0 Å². The quantitative estimate of drug-likeness (QED) is 0.348. The molecule has 0 saturated carbocycles. The van der Waals surface area contributed by atoms with Crippen molar-refractivity contribution in [2.45, 2.75) is 14.7 Å². The van der Waals surface area contributed by atoms with E-state index in [1.165, 1.54) is 30.0 Å². The van der Waals surface area contributed by atoms with Gasteiger partial charge < -0.3 is 5.32 Å². The van der Waals surface area contributed by atoms with Gasteiger partial charge in [0.05, 0.1) is 9.92 Å². The van der Waals surface area contributed by atoms with Gasteiger partial charge in [0.2, 0.25) is 5.95 Å². The van der Waals surface area contributed by atoms with Crippen molar-refractivity contribution in [3.8, 4) is 0 Å². The first-order valence-corrected chi connectivity index (χ1v) is 12.1. The summed E-state index contributed by atoms with van der Waals surface area (Å²) in [5.41, 5.74) is 0. The molecule has 4 aromatic rings. The molecule has 0 amide bonds. The van der Waals surface area contributed by atoms with Crippen LogP contribution >= 0.6 is 35.0 Å². The van der Waals surface area contributed by atoms with Gasteiger partial charge in [-0.25, -0.2) is 18.1 Å². The van der Waals surface area contributed by atoms with Crippen molar-refractivity contribution in [3.05, 3.63) is 76.9 Å². The zero-order valence-corrected chi connectivity index (χ0v) is 19.3. The molecular formula is C21H16Cl2N4O2S2. The molecule has 0 spiro atoms. The van der Waals surface area contributed by atoms with E-state index in [9.17, 15) is 8.42 Å². The maximum atomic E-state index is 12.7. The number of sulfonamides is 1. The fraction of sp³-hybridized carbons (Fsp3) is 0.0476. The van der Waals surface area contributed by atoms with Crippen molar-refractivity contribution in [1.82, 2.24) is 9.97 Å². The van der Waals surface area contributed by atoms with E-state index in [1.54, 1.807) is 13.2 Å². The summed E-state index contributed by atoms with van der Waals surface area (Å²) in [7, 11) is -2.27. The number of rotatable bonds is 6. The Morgan fingerprint density at radius 3 is 2.48 bits per heavy atom. The topological polar surface area (TPSA) is 84.0 Å². The van der Waals surface area contributed by atoms with Crippen molar-refractivity contribution < 1.29 is 8.42 Å². The van der Waals surface area contributed by atoms with Gasteiger partial charge in [0.15, 0.2) is 0 Å². The minimum Gasteiger partial charge on any atom is -0.372 e. The van der Waals surface area contributed by atoms with Gasteiger partial charge in [-0.05, 0) is 41.1 Å². The number of nitrogens with zero attached hydrogens (tertiary/aromatic N) is 2. The van der Waals surface area contributed by atoms with Gasteiger partial charge in [-0.1, -0.05) is 65.3 Å². The van der Waals surface area contributed by atoms with Gasteiger partial charge in [-0.3, -0.25) is 0 Å². The molecule has 0 aliphatic rings. The van der Waals surface area contributed by atoms with Gasteiger partial charge >= 0.3 is 0 Å². The highest BCUT2D eigenvalue weighted by atomic mass is 35.5. The van der Waals surface area contributed by atoms with Crippen LogP contribution in [0.1, 0.15) is 0 Å². The van der Waals surface area contributed by atoms with E-state index < -0.39 is 10.0 Å². The minimum atomic E-state index is -3.98. The number of nitrogens with one attached hydrogen (secondary N) is 2. The van der Waals surface area contributed by atoms with Crippen molar-refractivity contribution in [2.75, 3.05) is 17.1 Å². The van der Waals surface area contributed by atoms with Gasteiger partial charge in [0, 0.05) is 23.2 Å². The van der Waals surface area contributed by atoms with Crippen molar-refractivity contribution in [1.29, 1.82) is 0 Å². The molecule has 0 saturated heterocycles. The van der Waals surface area contributed by atoms with Crippen molar-refractivity contribution >= 4 is 67.5 Å². The van der Waals surface area contributed by atoms with E-state index in [0.717, 1.165) is 20.6 Å². The first kappa shape index (κ1) is 21.7. The van der Waals surface area contributed by atoms with E-state index in [-0.39, 0.29) is 15.9 Å². The molecule has 1 heterocycles. The molecule has 10 heteroatoms. The lowest BCUT2D eigenvalue weighted by molar-refractivity contribution is 0.601. The summed E-state index contributed by atoms with van der Waals surface area (Å²) in [6, 6.07) is 18.4. The summed E-state index contributed by atoms with van der Waals surface area (Å²) in [6.07, 6.45) is 1.57. The van der Waals surface area contributed by atoms with Crippen LogP contribution < -0.4 is 10.0 Å². The van der Waals surface area contributed by atoms with Crippen LogP contribution in [0.4, 0.5) is 11.8 Å². The van der Waals surface area contributed by atoms with Crippen molar-refractivity contribution in [2.24, 2.45) is 0 Å². The van der Waals surface area contributed by atoms with Gasteiger partial charge in [-0.2, -0.15) is 4.98 Å². The fourth-order valence-corrected chi connectivity index (χ4v) is 5.55. The summed E-state index contributed by atoms with van der Waals surface area (Å²) < 4.78 is 27.7. The largest absolute Gasteiger partial charge is 0.372 e. The van der Waals surface area contributed by atoms with Crippen LogP contribution in [0.5, 0.6) is 0 Å². The molecule has 0 aliphatic carbocycles. The van der Waals surface area contributed by atoms with Crippen LogP contribution in [0.3, 0.4) is 0 Å². The molecule has 0 aliphatic heterocycles. The van der Waals surface area contributed by atoms with Gasteiger partial charge in [-0.15, -0.1) is 0 Å². The summed E-state index contributed by atoms with van der Waals surface area (Å²) in [5, 5.41) is 5.62. The molecule has 0 radical (unpaired) electrons. The van der Waals surface area contributed by atoms with E-state index in [4.69, 9.17) is 23.2 Å². The molecule has 6 nitrogen and oxygen atoms in total. The van der Waals surface area contributed by atoms with Crippen LogP contribution in [0, 0.1) is 0 Å². The maximum Gasteiger partial charge on any atom is 0.265 e. The summed E-state index contributed by atoms with van der Waals surface area (Å²) >= 11 is 13.4. The van der Waals surface area contributed by atoms with Crippen LogP contribution in [-0.4, -0.2) is 25.4 Å². The third-order valence-corrected chi connectivity index (χ3v) is 7.40. The highest BCUT2D eigenvalue weighted by molar-refractivity contribution is 7.99. The average molecular weight is 491 g/mol. The lowest BCUT2D eigenvalue weighted by atomic mass is 10.1. The zero-order chi connectivity index (χ0) is 22.0. The number of aromatic nitrogens is 2. The highest BCUT2D eigenvalue weighted by Crippen LogP contribution is 2.34. The molecule has 31 heavy (non-hydrogen) atoms. The fourth-order valence-electron chi connectivity index (χ4n) is 2.90. The monoisotopic (exact) mass is 490 g/mol. The Morgan fingerprint density at radius 1 is 0.968 bits per heavy atom. The normalized spacial score (nSPS) is 11.5. The molecule has 3 aromatic carbocycles. The Bertz CT molecular complexity index is 1380. The molecule has 4 rings (SSSR count). The van der Waals surface area contributed by atoms with Crippen LogP contribution in [-0.2, 0) is 10.0 Å². The number of fused-ring (bicyclic) bond motifs is 1. The van der Waals surface area contributed by atoms with E-state index in [2.05, 4.69) is 44.3 Å². The smallest absolute Gasteiger partial charge is 0.265 e. The molecule has 0 unspecified atom stereocenters. The predicted molar refractivity (Wildman–Crippen MR) is 127 cm³/mol. The Hall–Kier alpha value is -2.52. The predicted octanol–water partition coefficient (Wildman–Crippen LogP) is 5.93. The summed E-state index contributed by atoms with van der Waals surface area (Å²) in [4.78, 5) is 10.1. The number of benzene rings is 3. The second-order valence-electron chi connectivity index (χ2n) is 6.45. The third kappa shape index (κ3) is 4.88. The molecule has 158 valence electrons. The SMILES string of the molecule is CNc1nc(NS(=O)(=O)c2ccc(Cl)cc2Cl)ncc1Sc1ccc2ccccc2c1. The Balaban J connectivity index is 1.60. The summed E-state index contributed by atoms with van der Waals surface area (Å²) in [6.45, 7) is 0. The standard InChI is InChI=1S/C21H16Cl2N4O2S2/c1-24-20-18(30-16-8-6-13-4-2-3-5-14(13)10-16)12-25-21(26-20)27-31(28,29)19-9-7-15(22)11-17(19)23/h2-12H,1H3,(H2,24,25,26,27). The Kier molecular flexibility index (Phi) is 6.24. The summed E-state index contributed by atoms with van der Waals surface area (Å²) in [5.74, 6) is 0.422.